The van der Waals surface area contributed by atoms with Crippen LogP contribution in [-0.4, -0.2) is 28.3 Å². The summed E-state index contributed by atoms with van der Waals surface area (Å²) < 4.78 is 5.72. The standard InChI is InChI=1S/C20H25NO4/c1-20(2,3)21-12-18(22)15-9-16(19(23)24)11-17(10-15)25-13-14-7-5-4-6-8-14/h4-11,18,21-22H,12-13H2,1-3H3,(H,23,24)/t18-/m1/s1. The van der Waals surface area contributed by atoms with E-state index in [0.29, 0.717) is 24.5 Å². The lowest BCUT2D eigenvalue weighted by Crippen LogP contribution is -2.38. The molecule has 0 radical (unpaired) electrons. The number of rotatable bonds is 7. The maximum Gasteiger partial charge on any atom is 0.335 e. The van der Waals surface area contributed by atoms with E-state index in [0.717, 1.165) is 5.56 Å². The number of carbonyl (C=O) groups is 1. The van der Waals surface area contributed by atoms with Crippen LogP contribution in [0.4, 0.5) is 0 Å². The lowest BCUT2D eigenvalue weighted by atomic mass is 10.0. The Morgan fingerprint density at radius 2 is 1.84 bits per heavy atom. The van der Waals surface area contributed by atoms with Crippen molar-refractivity contribution in [2.45, 2.75) is 39.0 Å². The third-order valence-electron chi connectivity index (χ3n) is 3.63. The summed E-state index contributed by atoms with van der Waals surface area (Å²) in [5.74, 6) is -0.629. The number of hydrogen-bond donors (Lipinski definition) is 3. The van der Waals surface area contributed by atoms with Crippen molar-refractivity contribution in [1.82, 2.24) is 5.32 Å². The highest BCUT2D eigenvalue weighted by Crippen LogP contribution is 2.23. The van der Waals surface area contributed by atoms with Crippen molar-refractivity contribution in [2.24, 2.45) is 0 Å². The number of carboxylic acids is 1. The summed E-state index contributed by atoms with van der Waals surface area (Å²) in [6, 6.07) is 14.3. The van der Waals surface area contributed by atoms with E-state index in [-0.39, 0.29) is 11.1 Å². The minimum absolute atomic E-state index is 0.0929. The van der Waals surface area contributed by atoms with E-state index in [1.165, 1.54) is 12.1 Å². The lowest BCUT2D eigenvalue weighted by Gasteiger charge is -2.23. The molecule has 2 aromatic carbocycles. The first kappa shape index (κ1) is 19.0. The molecule has 0 aliphatic heterocycles. The zero-order valence-corrected chi connectivity index (χ0v) is 14.8. The first-order chi connectivity index (χ1) is 11.7. The molecule has 0 saturated heterocycles. The van der Waals surface area contributed by atoms with Crippen LogP contribution in [0.15, 0.2) is 48.5 Å². The molecule has 5 nitrogen and oxygen atoms in total. The smallest absolute Gasteiger partial charge is 0.335 e. The van der Waals surface area contributed by atoms with E-state index in [1.54, 1.807) is 6.07 Å². The highest BCUT2D eigenvalue weighted by molar-refractivity contribution is 5.88. The molecule has 0 saturated carbocycles. The third-order valence-corrected chi connectivity index (χ3v) is 3.63. The summed E-state index contributed by atoms with van der Waals surface area (Å²) in [5, 5.41) is 22.9. The van der Waals surface area contributed by atoms with Crippen molar-refractivity contribution in [3.8, 4) is 5.75 Å². The van der Waals surface area contributed by atoms with Crippen molar-refractivity contribution < 1.29 is 19.7 Å². The third kappa shape index (κ3) is 6.21. The molecule has 0 fully saturated rings. The van der Waals surface area contributed by atoms with Gasteiger partial charge in [0, 0.05) is 12.1 Å². The highest BCUT2D eigenvalue weighted by atomic mass is 16.5. The van der Waals surface area contributed by atoms with E-state index in [2.05, 4.69) is 5.32 Å². The van der Waals surface area contributed by atoms with Gasteiger partial charge in [-0.05, 0) is 50.1 Å². The number of nitrogens with one attached hydrogen (secondary N) is 1. The molecule has 0 aromatic heterocycles. The van der Waals surface area contributed by atoms with Gasteiger partial charge < -0.3 is 20.3 Å². The van der Waals surface area contributed by atoms with Gasteiger partial charge in [0.2, 0.25) is 0 Å². The Kier molecular flexibility index (Phi) is 6.17. The fourth-order valence-electron chi connectivity index (χ4n) is 2.28. The topological polar surface area (TPSA) is 78.8 Å². The number of benzene rings is 2. The molecule has 0 unspecified atom stereocenters. The van der Waals surface area contributed by atoms with Gasteiger partial charge >= 0.3 is 5.97 Å². The van der Waals surface area contributed by atoms with Crippen LogP contribution in [-0.2, 0) is 6.61 Å². The maximum atomic E-state index is 11.4. The maximum absolute atomic E-state index is 11.4. The molecule has 0 heterocycles. The molecule has 0 spiro atoms. The SMILES string of the molecule is CC(C)(C)NC[C@@H](O)c1cc(OCc2ccccc2)cc(C(=O)O)c1. The monoisotopic (exact) mass is 343 g/mol. The number of β-amino-alcohol motifs (C(OH)–C–C–N with tert-alkyl or cyclic N) is 1. The van der Waals surface area contributed by atoms with Gasteiger partial charge in [-0.25, -0.2) is 4.79 Å². The predicted molar refractivity (Wildman–Crippen MR) is 96.9 cm³/mol. The predicted octanol–water partition coefficient (Wildman–Crippen LogP) is 3.39. The van der Waals surface area contributed by atoms with Gasteiger partial charge in [0.25, 0.3) is 0 Å². The van der Waals surface area contributed by atoms with Gasteiger partial charge in [-0.2, -0.15) is 0 Å². The van der Waals surface area contributed by atoms with Crippen molar-refractivity contribution in [3.63, 3.8) is 0 Å². The largest absolute Gasteiger partial charge is 0.489 e. The minimum Gasteiger partial charge on any atom is -0.489 e. The molecule has 5 heteroatoms. The van der Waals surface area contributed by atoms with Gasteiger partial charge in [0.1, 0.15) is 12.4 Å². The first-order valence-corrected chi connectivity index (χ1v) is 8.23. The molecule has 25 heavy (non-hydrogen) atoms. The fourth-order valence-corrected chi connectivity index (χ4v) is 2.28. The van der Waals surface area contributed by atoms with Crippen molar-refractivity contribution in [3.05, 3.63) is 65.2 Å². The Bertz CT molecular complexity index is 707. The summed E-state index contributed by atoms with van der Waals surface area (Å²) in [7, 11) is 0. The Labute approximate surface area is 148 Å². The second-order valence-electron chi connectivity index (χ2n) is 7.02. The minimum atomic E-state index is -1.05. The summed E-state index contributed by atoms with van der Waals surface area (Å²) in [5.41, 5.74) is 1.45. The number of hydrogen-bond acceptors (Lipinski definition) is 4. The molecule has 0 aliphatic carbocycles. The van der Waals surface area contributed by atoms with Crippen molar-refractivity contribution >= 4 is 5.97 Å². The molecular weight excluding hydrogens is 318 g/mol. The van der Waals surface area contributed by atoms with Gasteiger partial charge in [-0.15, -0.1) is 0 Å². The van der Waals surface area contributed by atoms with Crippen LogP contribution in [0.3, 0.4) is 0 Å². The average molecular weight is 343 g/mol. The fraction of sp³-hybridized carbons (Fsp3) is 0.350. The molecule has 0 aliphatic rings. The quantitative estimate of drug-likeness (QED) is 0.718. The molecule has 134 valence electrons. The van der Waals surface area contributed by atoms with Crippen LogP contribution < -0.4 is 10.1 Å². The number of aliphatic hydroxyl groups is 1. The van der Waals surface area contributed by atoms with E-state index >= 15 is 0 Å². The van der Waals surface area contributed by atoms with E-state index < -0.39 is 12.1 Å². The number of ether oxygens (including phenoxy) is 1. The lowest BCUT2D eigenvalue weighted by molar-refractivity contribution is 0.0695. The van der Waals surface area contributed by atoms with Gasteiger partial charge in [0.15, 0.2) is 0 Å². The number of aliphatic hydroxyl groups excluding tert-OH is 1. The summed E-state index contributed by atoms with van der Waals surface area (Å²) in [4.78, 5) is 11.4. The molecule has 3 N–H and O–H groups in total. The zero-order chi connectivity index (χ0) is 18.4. The molecule has 0 amide bonds. The van der Waals surface area contributed by atoms with Crippen LogP contribution in [0.1, 0.15) is 48.4 Å². The molecule has 2 rings (SSSR count). The van der Waals surface area contributed by atoms with E-state index in [4.69, 9.17) is 4.74 Å². The zero-order valence-electron chi connectivity index (χ0n) is 14.8. The Morgan fingerprint density at radius 3 is 2.44 bits per heavy atom. The summed E-state index contributed by atoms with van der Waals surface area (Å²) in [6.45, 7) is 6.66. The highest BCUT2D eigenvalue weighted by Gasteiger charge is 2.16. The van der Waals surface area contributed by atoms with Crippen molar-refractivity contribution in [2.75, 3.05) is 6.54 Å². The second-order valence-corrected chi connectivity index (χ2v) is 7.02. The first-order valence-electron chi connectivity index (χ1n) is 8.23. The van der Waals surface area contributed by atoms with E-state index in [1.807, 2.05) is 51.1 Å². The van der Waals surface area contributed by atoms with Crippen LogP contribution in [0, 0.1) is 0 Å². The van der Waals surface area contributed by atoms with Crippen molar-refractivity contribution in [1.29, 1.82) is 0 Å². The Hall–Kier alpha value is -2.37. The van der Waals surface area contributed by atoms with Crippen LogP contribution in [0.2, 0.25) is 0 Å². The van der Waals surface area contributed by atoms with Gasteiger partial charge in [0.05, 0.1) is 11.7 Å². The molecular formula is C20H25NO4. The van der Waals surface area contributed by atoms with Gasteiger partial charge in [-0.3, -0.25) is 0 Å². The van der Waals surface area contributed by atoms with Crippen LogP contribution in [0.25, 0.3) is 0 Å². The number of carboxylic acid groups (broad SMARTS) is 1. The molecule has 0 bridgehead atoms. The molecule has 2 aromatic rings. The normalized spacial score (nSPS) is 12.6. The average Bonchev–Trinajstić information content (AvgIpc) is 2.57. The van der Waals surface area contributed by atoms with Crippen LogP contribution in [0.5, 0.6) is 5.75 Å². The second kappa shape index (κ2) is 8.14. The van der Waals surface area contributed by atoms with E-state index in [9.17, 15) is 15.0 Å². The summed E-state index contributed by atoms with van der Waals surface area (Å²) >= 11 is 0. The Morgan fingerprint density at radius 1 is 1.16 bits per heavy atom. The number of aromatic carboxylic acids is 1. The van der Waals surface area contributed by atoms with Gasteiger partial charge in [-0.1, -0.05) is 30.3 Å². The summed E-state index contributed by atoms with van der Waals surface area (Å²) in [6.07, 6.45) is -0.822. The van der Waals surface area contributed by atoms with Crippen LogP contribution >= 0.6 is 0 Å². The molecule has 1 atom stereocenters. The Balaban J connectivity index is 2.16.